The first-order valence-electron chi connectivity index (χ1n) is 8.63. The van der Waals surface area contributed by atoms with Gasteiger partial charge in [0.2, 0.25) is 0 Å². The predicted molar refractivity (Wildman–Crippen MR) is 101 cm³/mol. The molecule has 1 aromatic carbocycles. The first-order valence-corrected chi connectivity index (χ1v) is 8.63. The van der Waals surface area contributed by atoms with Gasteiger partial charge in [0, 0.05) is 30.4 Å². The van der Waals surface area contributed by atoms with Gasteiger partial charge in [-0.3, -0.25) is 14.7 Å². The number of benzene rings is 1. The summed E-state index contributed by atoms with van der Waals surface area (Å²) in [6.07, 6.45) is 0.732. The molecule has 2 amide bonds. The second-order valence-corrected chi connectivity index (χ2v) is 6.50. The summed E-state index contributed by atoms with van der Waals surface area (Å²) in [7, 11) is 1.78. The molecule has 140 valence electrons. The summed E-state index contributed by atoms with van der Waals surface area (Å²) in [5.74, 6) is -0.133. The number of hydrogen-bond donors (Lipinski definition) is 2. The predicted octanol–water partition coefficient (Wildman–Crippen LogP) is 2.70. The minimum atomic E-state index is -0.627. The van der Waals surface area contributed by atoms with Crippen molar-refractivity contribution in [2.24, 2.45) is 5.73 Å². The maximum atomic E-state index is 12.8. The molecule has 27 heavy (non-hydrogen) atoms. The molecule has 2 heterocycles. The van der Waals surface area contributed by atoms with Gasteiger partial charge in [-0.05, 0) is 50.1 Å². The van der Waals surface area contributed by atoms with Gasteiger partial charge >= 0.3 is 0 Å². The summed E-state index contributed by atoms with van der Waals surface area (Å²) in [5, 5.41) is 7.15. The Labute approximate surface area is 157 Å². The molecule has 3 rings (SSSR count). The summed E-state index contributed by atoms with van der Waals surface area (Å²) in [6.45, 7) is 4.51. The van der Waals surface area contributed by atoms with Crippen molar-refractivity contribution in [3.8, 4) is 11.3 Å². The van der Waals surface area contributed by atoms with E-state index in [-0.39, 0.29) is 11.7 Å². The molecule has 0 fully saturated rings. The lowest BCUT2D eigenvalue weighted by molar-refractivity contribution is 0.0796. The number of likely N-dealkylation sites (N-methyl/N-ethyl adjacent to an activating group) is 1. The van der Waals surface area contributed by atoms with Crippen LogP contribution in [0.2, 0.25) is 0 Å². The molecule has 3 N–H and O–H groups in total. The minimum Gasteiger partial charge on any atom is -0.451 e. The Morgan fingerprint density at radius 2 is 2.00 bits per heavy atom. The summed E-state index contributed by atoms with van der Waals surface area (Å²) in [4.78, 5) is 25.6. The molecule has 2 aromatic heterocycles. The number of H-pyrrole nitrogens is 1. The fraction of sp³-hybridized carbons (Fsp3) is 0.250. The lowest BCUT2D eigenvalue weighted by Gasteiger charge is -2.17. The van der Waals surface area contributed by atoms with Crippen LogP contribution >= 0.6 is 0 Å². The SMILES string of the molecule is Cc1n[nH]c(C)c1CCN(C)C(=O)c1cccc(-c2ccc(C(N)=O)o2)c1. The van der Waals surface area contributed by atoms with E-state index in [1.165, 1.54) is 6.07 Å². The van der Waals surface area contributed by atoms with E-state index < -0.39 is 5.91 Å². The largest absolute Gasteiger partial charge is 0.451 e. The van der Waals surface area contributed by atoms with Crippen LogP contribution in [0.4, 0.5) is 0 Å². The zero-order valence-electron chi connectivity index (χ0n) is 15.6. The van der Waals surface area contributed by atoms with E-state index >= 15 is 0 Å². The summed E-state index contributed by atoms with van der Waals surface area (Å²) >= 11 is 0. The van der Waals surface area contributed by atoms with E-state index in [2.05, 4.69) is 10.2 Å². The first-order chi connectivity index (χ1) is 12.9. The number of aryl methyl sites for hydroxylation is 2. The third-order valence-corrected chi connectivity index (χ3v) is 4.57. The van der Waals surface area contributed by atoms with Gasteiger partial charge in [-0.15, -0.1) is 0 Å². The quantitative estimate of drug-likeness (QED) is 0.699. The molecule has 0 spiro atoms. The van der Waals surface area contributed by atoms with Crippen LogP contribution < -0.4 is 5.73 Å². The molecule has 0 saturated carbocycles. The fourth-order valence-electron chi connectivity index (χ4n) is 2.97. The Balaban J connectivity index is 1.73. The lowest BCUT2D eigenvalue weighted by Crippen LogP contribution is -2.29. The summed E-state index contributed by atoms with van der Waals surface area (Å²) in [5.41, 5.74) is 9.60. The van der Waals surface area contributed by atoms with Crippen molar-refractivity contribution in [1.29, 1.82) is 0 Å². The molecule has 0 atom stereocenters. The minimum absolute atomic E-state index is 0.0858. The van der Waals surface area contributed by atoms with Gasteiger partial charge in [0.1, 0.15) is 5.76 Å². The molecule has 0 radical (unpaired) electrons. The van der Waals surface area contributed by atoms with Gasteiger partial charge in [0.15, 0.2) is 5.76 Å². The maximum Gasteiger partial charge on any atom is 0.284 e. The van der Waals surface area contributed by atoms with Gasteiger partial charge in [0.25, 0.3) is 11.8 Å². The first kappa shape index (κ1) is 18.4. The number of primary amides is 1. The standard InChI is InChI=1S/C20H22N4O3/c1-12-16(13(2)23-22-12)9-10-24(3)20(26)15-6-4-5-14(11-15)17-7-8-18(27-17)19(21)25/h4-8,11H,9-10H2,1-3H3,(H2,21,25)(H,22,23). The van der Waals surface area contributed by atoms with Gasteiger partial charge < -0.3 is 15.1 Å². The van der Waals surface area contributed by atoms with Crippen molar-refractivity contribution in [2.45, 2.75) is 20.3 Å². The average molecular weight is 366 g/mol. The zero-order chi connectivity index (χ0) is 19.6. The van der Waals surface area contributed by atoms with Gasteiger partial charge in [-0.25, -0.2) is 0 Å². The summed E-state index contributed by atoms with van der Waals surface area (Å²) in [6, 6.07) is 10.3. The number of aromatic nitrogens is 2. The Morgan fingerprint density at radius 1 is 1.22 bits per heavy atom. The van der Waals surface area contributed by atoms with E-state index in [0.29, 0.717) is 23.4 Å². The molecular weight excluding hydrogens is 344 g/mol. The second-order valence-electron chi connectivity index (χ2n) is 6.50. The monoisotopic (exact) mass is 366 g/mol. The van der Waals surface area contributed by atoms with Crippen LogP contribution in [0.25, 0.3) is 11.3 Å². The van der Waals surface area contributed by atoms with Crippen molar-refractivity contribution in [3.05, 3.63) is 64.7 Å². The molecule has 0 unspecified atom stereocenters. The van der Waals surface area contributed by atoms with Crippen LogP contribution in [0, 0.1) is 13.8 Å². The third kappa shape index (κ3) is 3.92. The zero-order valence-corrected chi connectivity index (χ0v) is 15.6. The molecule has 7 nitrogen and oxygen atoms in total. The lowest BCUT2D eigenvalue weighted by atomic mass is 10.1. The molecule has 3 aromatic rings. The van der Waals surface area contributed by atoms with Crippen molar-refractivity contribution in [1.82, 2.24) is 15.1 Å². The molecular formula is C20H22N4O3. The second kappa shape index (κ2) is 7.49. The number of hydrogen-bond acceptors (Lipinski definition) is 4. The molecule has 0 bridgehead atoms. The van der Waals surface area contributed by atoms with Gasteiger partial charge in [-0.2, -0.15) is 5.10 Å². The maximum absolute atomic E-state index is 12.8. The number of carbonyl (C=O) groups excluding carboxylic acids is 2. The molecule has 0 aliphatic heterocycles. The Bertz CT molecular complexity index is 967. The normalized spacial score (nSPS) is 10.8. The van der Waals surface area contributed by atoms with Crippen LogP contribution in [0.5, 0.6) is 0 Å². The third-order valence-electron chi connectivity index (χ3n) is 4.57. The highest BCUT2D eigenvalue weighted by Crippen LogP contribution is 2.23. The topological polar surface area (TPSA) is 105 Å². The van der Waals surface area contributed by atoms with E-state index in [9.17, 15) is 9.59 Å². The average Bonchev–Trinajstić information content (AvgIpc) is 3.27. The number of carbonyl (C=O) groups is 2. The van der Waals surface area contributed by atoms with Gasteiger partial charge in [-0.1, -0.05) is 12.1 Å². The van der Waals surface area contributed by atoms with E-state index in [1.807, 2.05) is 19.9 Å². The Morgan fingerprint density at radius 3 is 2.63 bits per heavy atom. The Kier molecular flexibility index (Phi) is 5.12. The fourth-order valence-corrected chi connectivity index (χ4v) is 2.97. The number of aromatic amines is 1. The van der Waals surface area contributed by atoms with Crippen LogP contribution in [-0.4, -0.2) is 40.5 Å². The number of nitrogens with one attached hydrogen (secondary N) is 1. The number of furan rings is 1. The Hall–Kier alpha value is -3.35. The van der Waals surface area contributed by atoms with Crippen molar-refractivity contribution in [3.63, 3.8) is 0 Å². The van der Waals surface area contributed by atoms with Gasteiger partial charge in [0.05, 0.1) is 5.69 Å². The van der Waals surface area contributed by atoms with Crippen LogP contribution in [0.15, 0.2) is 40.8 Å². The van der Waals surface area contributed by atoms with Crippen LogP contribution in [-0.2, 0) is 6.42 Å². The molecule has 0 aliphatic rings. The number of nitrogens with zero attached hydrogens (tertiary/aromatic N) is 2. The van der Waals surface area contributed by atoms with Crippen molar-refractivity contribution < 1.29 is 14.0 Å². The molecule has 7 heteroatoms. The highest BCUT2D eigenvalue weighted by atomic mass is 16.3. The van der Waals surface area contributed by atoms with E-state index in [4.69, 9.17) is 10.2 Å². The van der Waals surface area contributed by atoms with E-state index in [1.54, 1.807) is 36.2 Å². The van der Waals surface area contributed by atoms with Crippen molar-refractivity contribution >= 4 is 11.8 Å². The summed E-state index contributed by atoms with van der Waals surface area (Å²) < 4.78 is 5.44. The smallest absolute Gasteiger partial charge is 0.284 e. The van der Waals surface area contributed by atoms with Crippen LogP contribution in [0.1, 0.15) is 37.9 Å². The molecule has 0 aliphatic carbocycles. The number of nitrogens with two attached hydrogens (primary N) is 1. The van der Waals surface area contributed by atoms with E-state index in [0.717, 1.165) is 23.4 Å². The number of rotatable bonds is 6. The van der Waals surface area contributed by atoms with Crippen LogP contribution in [0.3, 0.4) is 0 Å². The highest BCUT2D eigenvalue weighted by Gasteiger charge is 2.16. The number of amides is 2. The van der Waals surface area contributed by atoms with Crippen molar-refractivity contribution in [2.75, 3.05) is 13.6 Å². The molecule has 0 saturated heterocycles. The highest BCUT2D eigenvalue weighted by molar-refractivity contribution is 5.95.